The molecule has 2 fully saturated rings. The van der Waals surface area contributed by atoms with Gasteiger partial charge in [0.2, 0.25) is 12.3 Å². The Morgan fingerprint density at radius 1 is 1.35 bits per heavy atom. The fourth-order valence-electron chi connectivity index (χ4n) is 2.17. The number of piperazine rings is 1. The van der Waals surface area contributed by atoms with Crippen LogP contribution in [0.1, 0.15) is 6.42 Å². The molecule has 96 valence electrons. The standard InChI is InChI=1S/C11H19N3O3/c15-9-13-2-4-14(5-3-13)11(16)7-10-8-17-6-1-12-10/h9-10,12H,1-8H2. The molecule has 0 aromatic rings. The highest BCUT2D eigenvalue weighted by Crippen LogP contribution is 2.06. The van der Waals surface area contributed by atoms with E-state index in [9.17, 15) is 9.59 Å². The third kappa shape index (κ3) is 3.41. The molecule has 0 saturated carbocycles. The molecule has 2 amide bonds. The Morgan fingerprint density at radius 2 is 2.12 bits per heavy atom. The molecule has 0 radical (unpaired) electrons. The van der Waals surface area contributed by atoms with Crippen molar-refractivity contribution in [3.8, 4) is 0 Å². The predicted octanol–water partition coefficient (Wildman–Crippen LogP) is -1.33. The average molecular weight is 241 g/mol. The molecule has 6 nitrogen and oxygen atoms in total. The lowest BCUT2D eigenvalue weighted by molar-refractivity contribution is -0.136. The van der Waals surface area contributed by atoms with Gasteiger partial charge in [-0.15, -0.1) is 0 Å². The highest BCUT2D eigenvalue weighted by Gasteiger charge is 2.23. The Hall–Kier alpha value is -1.14. The number of amides is 2. The van der Waals surface area contributed by atoms with Gasteiger partial charge in [-0.3, -0.25) is 9.59 Å². The Labute approximate surface area is 101 Å². The van der Waals surface area contributed by atoms with Crippen LogP contribution in [0.5, 0.6) is 0 Å². The van der Waals surface area contributed by atoms with E-state index >= 15 is 0 Å². The van der Waals surface area contributed by atoms with E-state index in [1.165, 1.54) is 0 Å². The van der Waals surface area contributed by atoms with Gasteiger partial charge in [0.15, 0.2) is 0 Å². The first-order valence-electron chi connectivity index (χ1n) is 6.08. The van der Waals surface area contributed by atoms with Crippen LogP contribution in [-0.2, 0) is 14.3 Å². The van der Waals surface area contributed by atoms with Crippen molar-refractivity contribution in [1.82, 2.24) is 15.1 Å². The van der Waals surface area contributed by atoms with Crippen LogP contribution in [0, 0.1) is 0 Å². The van der Waals surface area contributed by atoms with Gasteiger partial charge >= 0.3 is 0 Å². The fourth-order valence-corrected chi connectivity index (χ4v) is 2.17. The second-order valence-electron chi connectivity index (χ2n) is 4.45. The van der Waals surface area contributed by atoms with Crippen molar-refractivity contribution in [3.05, 3.63) is 0 Å². The van der Waals surface area contributed by atoms with Crippen molar-refractivity contribution in [2.75, 3.05) is 45.9 Å². The number of morpholine rings is 1. The number of hydrogen-bond donors (Lipinski definition) is 1. The molecule has 2 rings (SSSR count). The van der Waals surface area contributed by atoms with Crippen LogP contribution in [0.2, 0.25) is 0 Å². The van der Waals surface area contributed by atoms with E-state index in [1.54, 1.807) is 4.90 Å². The van der Waals surface area contributed by atoms with Gasteiger partial charge in [-0.2, -0.15) is 0 Å². The second-order valence-corrected chi connectivity index (χ2v) is 4.45. The van der Waals surface area contributed by atoms with E-state index in [0.717, 1.165) is 19.6 Å². The van der Waals surface area contributed by atoms with E-state index < -0.39 is 0 Å². The molecule has 2 aliphatic rings. The summed E-state index contributed by atoms with van der Waals surface area (Å²) in [6.07, 6.45) is 1.33. The Bertz CT molecular complexity index is 271. The topological polar surface area (TPSA) is 61.9 Å². The van der Waals surface area contributed by atoms with Crippen LogP contribution < -0.4 is 5.32 Å². The van der Waals surface area contributed by atoms with Crippen molar-refractivity contribution >= 4 is 12.3 Å². The van der Waals surface area contributed by atoms with Crippen molar-refractivity contribution < 1.29 is 14.3 Å². The van der Waals surface area contributed by atoms with E-state index in [-0.39, 0.29) is 11.9 Å². The van der Waals surface area contributed by atoms with Gasteiger partial charge in [0, 0.05) is 45.2 Å². The van der Waals surface area contributed by atoms with E-state index in [2.05, 4.69) is 5.32 Å². The van der Waals surface area contributed by atoms with Gasteiger partial charge in [-0.1, -0.05) is 0 Å². The van der Waals surface area contributed by atoms with Gasteiger partial charge in [-0.05, 0) is 0 Å². The first-order chi connectivity index (χ1) is 8.29. The molecule has 6 heteroatoms. The fraction of sp³-hybridized carbons (Fsp3) is 0.818. The zero-order valence-electron chi connectivity index (χ0n) is 9.93. The normalized spacial score (nSPS) is 25.8. The Kier molecular flexibility index (Phi) is 4.33. The lowest BCUT2D eigenvalue weighted by Crippen LogP contribution is -2.50. The molecule has 2 aliphatic heterocycles. The van der Waals surface area contributed by atoms with Crippen LogP contribution in [-0.4, -0.2) is 74.1 Å². The summed E-state index contributed by atoms with van der Waals surface area (Å²) in [6.45, 7) is 4.73. The van der Waals surface area contributed by atoms with Crippen LogP contribution in [0.4, 0.5) is 0 Å². The van der Waals surface area contributed by atoms with Crippen LogP contribution in [0.25, 0.3) is 0 Å². The molecule has 0 bridgehead atoms. The third-order valence-corrected chi connectivity index (χ3v) is 3.24. The summed E-state index contributed by atoms with van der Waals surface area (Å²) in [7, 11) is 0. The molecule has 0 spiro atoms. The first-order valence-corrected chi connectivity index (χ1v) is 6.08. The molecule has 0 aromatic heterocycles. The van der Waals surface area contributed by atoms with Crippen molar-refractivity contribution in [1.29, 1.82) is 0 Å². The summed E-state index contributed by atoms with van der Waals surface area (Å²) in [4.78, 5) is 26.1. The van der Waals surface area contributed by atoms with Crippen LogP contribution in [0.15, 0.2) is 0 Å². The quantitative estimate of drug-likeness (QED) is 0.622. The smallest absolute Gasteiger partial charge is 0.224 e. The zero-order valence-corrected chi connectivity index (χ0v) is 9.93. The Balaban J connectivity index is 1.74. The molecule has 1 atom stereocenters. The Morgan fingerprint density at radius 3 is 2.71 bits per heavy atom. The summed E-state index contributed by atoms with van der Waals surface area (Å²) in [6, 6.07) is 0.139. The molecule has 0 aliphatic carbocycles. The zero-order chi connectivity index (χ0) is 12.1. The number of rotatable bonds is 3. The molecular weight excluding hydrogens is 222 g/mol. The number of carbonyl (C=O) groups excluding carboxylic acids is 2. The molecule has 2 saturated heterocycles. The second kappa shape index (κ2) is 5.97. The first kappa shape index (κ1) is 12.3. The maximum Gasteiger partial charge on any atom is 0.224 e. The number of hydrogen-bond acceptors (Lipinski definition) is 4. The maximum atomic E-state index is 12.0. The van der Waals surface area contributed by atoms with Gasteiger partial charge < -0.3 is 19.9 Å². The van der Waals surface area contributed by atoms with Crippen LogP contribution in [0.3, 0.4) is 0 Å². The monoisotopic (exact) mass is 241 g/mol. The van der Waals surface area contributed by atoms with Crippen LogP contribution >= 0.6 is 0 Å². The SMILES string of the molecule is O=CN1CCN(C(=O)CC2COCCN2)CC1. The number of carbonyl (C=O) groups is 2. The number of nitrogens with one attached hydrogen (secondary N) is 1. The van der Waals surface area contributed by atoms with Crippen molar-refractivity contribution in [2.45, 2.75) is 12.5 Å². The summed E-state index contributed by atoms with van der Waals surface area (Å²) in [5, 5.41) is 3.27. The van der Waals surface area contributed by atoms with E-state index in [4.69, 9.17) is 4.74 Å². The van der Waals surface area contributed by atoms with Gasteiger partial charge in [-0.25, -0.2) is 0 Å². The lowest BCUT2D eigenvalue weighted by atomic mass is 10.1. The molecular formula is C11H19N3O3. The minimum absolute atomic E-state index is 0.139. The van der Waals surface area contributed by atoms with E-state index in [0.29, 0.717) is 39.2 Å². The molecule has 2 heterocycles. The summed E-state index contributed by atoms with van der Waals surface area (Å²) < 4.78 is 5.32. The highest BCUT2D eigenvalue weighted by atomic mass is 16.5. The lowest BCUT2D eigenvalue weighted by Gasteiger charge is -2.34. The predicted molar refractivity (Wildman–Crippen MR) is 61.4 cm³/mol. The van der Waals surface area contributed by atoms with E-state index in [1.807, 2.05) is 4.90 Å². The number of nitrogens with zero attached hydrogens (tertiary/aromatic N) is 2. The summed E-state index contributed by atoms with van der Waals surface area (Å²) in [5.41, 5.74) is 0. The maximum absolute atomic E-state index is 12.0. The summed E-state index contributed by atoms with van der Waals surface area (Å²) >= 11 is 0. The molecule has 0 aromatic carbocycles. The van der Waals surface area contributed by atoms with Crippen molar-refractivity contribution in [3.63, 3.8) is 0 Å². The van der Waals surface area contributed by atoms with Crippen molar-refractivity contribution in [2.24, 2.45) is 0 Å². The molecule has 1 N–H and O–H groups in total. The summed E-state index contributed by atoms with van der Waals surface area (Å²) in [5.74, 6) is 0.151. The van der Waals surface area contributed by atoms with Gasteiger partial charge in [0.1, 0.15) is 0 Å². The molecule has 1 unspecified atom stereocenters. The number of ether oxygens (including phenoxy) is 1. The average Bonchev–Trinajstić information content (AvgIpc) is 2.40. The molecule has 17 heavy (non-hydrogen) atoms. The minimum atomic E-state index is 0.139. The largest absolute Gasteiger partial charge is 0.378 e. The highest BCUT2D eigenvalue weighted by molar-refractivity contribution is 5.77. The van der Waals surface area contributed by atoms with Gasteiger partial charge in [0.05, 0.1) is 13.2 Å². The third-order valence-electron chi connectivity index (χ3n) is 3.24. The minimum Gasteiger partial charge on any atom is -0.378 e. The van der Waals surface area contributed by atoms with Gasteiger partial charge in [0.25, 0.3) is 0 Å².